The SMILES string of the molecule is Cc1cc(Br)ccc1Nc1c(C(=O)O)cc2c(ncn2CCCCN2CCN(C)CC2)c1F. The number of hydrogen-bond acceptors (Lipinski definition) is 5. The van der Waals surface area contributed by atoms with Crippen LogP contribution in [0.1, 0.15) is 28.8 Å². The van der Waals surface area contributed by atoms with E-state index in [1.54, 1.807) is 12.4 Å². The number of unbranched alkanes of at least 4 members (excludes halogenated alkanes) is 1. The van der Waals surface area contributed by atoms with E-state index in [-0.39, 0.29) is 16.8 Å². The number of anilines is 2. The second-order valence-electron chi connectivity index (χ2n) is 8.66. The van der Waals surface area contributed by atoms with Gasteiger partial charge < -0.3 is 24.8 Å². The van der Waals surface area contributed by atoms with Crippen LogP contribution in [0.15, 0.2) is 35.1 Å². The zero-order valence-electron chi connectivity index (χ0n) is 18.9. The molecule has 3 aromatic rings. The number of benzene rings is 2. The summed E-state index contributed by atoms with van der Waals surface area (Å²) >= 11 is 3.41. The van der Waals surface area contributed by atoms with Crippen LogP contribution < -0.4 is 5.32 Å². The standard InChI is InChI=1S/C24H29BrFN5O2/c1-16-13-17(25)5-6-19(16)28-22-18(24(32)33)14-20-23(21(22)26)27-15-31(20)8-4-3-7-30-11-9-29(2)10-12-30/h5-6,13-15,28H,3-4,7-12H2,1-2H3,(H,32,33). The van der Waals surface area contributed by atoms with Gasteiger partial charge in [-0.1, -0.05) is 15.9 Å². The van der Waals surface area contributed by atoms with Crippen molar-refractivity contribution in [3.8, 4) is 0 Å². The molecule has 176 valence electrons. The van der Waals surface area contributed by atoms with Crippen molar-refractivity contribution in [2.75, 3.05) is 45.1 Å². The Morgan fingerprint density at radius 1 is 1.18 bits per heavy atom. The summed E-state index contributed by atoms with van der Waals surface area (Å²) in [6.45, 7) is 7.95. The lowest BCUT2D eigenvalue weighted by Crippen LogP contribution is -2.44. The van der Waals surface area contributed by atoms with Gasteiger partial charge in [0.2, 0.25) is 0 Å². The van der Waals surface area contributed by atoms with Crippen molar-refractivity contribution >= 4 is 44.3 Å². The maximum absolute atomic E-state index is 15.4. The molecule has 4 rings (SSSR count). The van der Waals surface area contributed by atoms with E-state index in [9.17, 15) is 9.90 Å². The number of hydrogen-bond donors (Lipinski definition) is 2. The molecule has 2 heterocycles. The number of aryl methyl sites for hydroxylation is 2. The van der Waals surface area contributed by atoms with Crippen LogP contribution in [0, 0.1) is 12.7 Å². The zero-order valence-corrected chi connectivity index (χ0v) is 20.5. The van der Waals surface area contributed by atoms with E-state index >= 15 is 4.39 Å². The lowest BCUT2D eigenvalue weighted by molar-refractivity contribution is 0.0697. The number of carboxylic acid groups (broad SMARTS) is 1. The molecule has 1 fully saturated rings. The molecule has 0 atom stereocenters. The van der Waals surface area contributed by atoms with Crippen LogP contribution in [0.25, 0.3) is 11.0 Å². The van der Waals surface area contributed by atoms with Gasteiger partial charge in [-0.05, 0) is 63.2 Å². The fraction of sp³-hybridized carbons (Fsp3) is 0.417. The number of halogens is 2. The third-order valence-corrected chi connectivity index (χ3v) is 6.75. The number of imidazole rings is 1. The highest BCUT2D eigenvalue weighted by atomic mass is 79.9. The molecular weight excluding hydrogens is 489 g/mol. The lowest BCUT2D eigenvalue weighted by atomic mass is 10.1. The Kier molecular flexibility index (Phi) is 7.31. The summed E-state index contributed by atoms with van der Waals surface area (Å²) in [5.41, 5.74) is 2.01. The second kappa shape index (κ2) is 10.2. The van der Waals surface area contributed by atoms with Crippen molar-refractivity contribution in [2.24, 2.45) is 0 Å². The van der Waals surface area contributed by atoms with Gasteiger partial charge in [0.25, 0.3) is 0 Å². The minimum Gasteiger partial charge on any atom is -0.478 e. The average molecular weight is 518 g/mol. The maximum Gasteiger partial charge on any atom is 0.338 e. The molecule has 1 aliphatic heterocycles. The molecule has 0 bridgehead atoms. The van der Waals surface area contributed by atoms with Crippen molar-refractivity contribution < 1.29 is 14.3 Å². The number of nitrogens with one attached hydrogen (secondary N) is 1. The van der Waals surface area contributed by atoms with Gasteiger partial charge in [0, 0.05) is 42.9 Å². The molecule has 7 nitrogen and oxygen atoms in total. The molecule has 0 saturated carbocycles. The van der Waals surface area contributed by atoms with Crippen LogP contribution in [0.2, 0.25) is 0 Å². The minimum atomic E-state index is -1.18. The molecule has 33 heavy (non-hydrogen) atoms. The Balaban J connectivity index is 1.51. The maximum atomic E-state index is 15.4. The van der Waals surface area contributed by atoms with Gasteiger partial charge in [-0.3, -0.25) is 0 Å². The van der Waals surface area contributed by atoms with Crippen molar-refractivity contribution in [1.82, 2.24) is 19.4 Å². The molecule has 0 radical (unpaired) electrons. The molecule has 2 N–H and O–H groups in total. The Hall–Kier alpha value is -2.49. The number of aromatic carboxylic acids is 1. The lowest BCUT2D eigenvalue weighted by Gasteiger charge is -2.32. The van der Waals surface area contributed by atoms with E-state index in [1.807, 2.05) is 23.6 Å². The van der Waals surface area contributed by atoms with Crippen LogP contribution in [-0.2, 0) is 6.54 Å². The number of rotatable bonds is 8. The topological polar surface area (TPSA) is 73.6 Å². The first-order chi connectivity index (χ1) is 15.8. The van der Waals surface area contributed by atoms with Gasteiger partial charge in [-0.15, -0.1) is 0 Å². The summed E-state index contributed by atoms with van der Waals surface area (Å²) in [4.78, 5) is 21.1. The number of fused-ring (bicyclic) bond motifs is 1. The number of likely N-dealkylation sites (N-methyl/N-ethyl adjacent to an activating group) is 1. The first-order valence-electron chi connectivity index (χ1n) is 11.2. The highest BCUT2D eigenvalue weighted by molar-refractivity contribution is 9.10. The summed E-state index contributed by atoms with van der Waals surface area (Å²) in [6, 6.07) is 7.01. The summed E-state index contributed by atoms with van der Waals surface area (Å²) in [7, 11) is 2.15. The van der Waals surface area contributed by atoms with Crippen LogP contribution in [0.3, 0.4) is 0 Å². The van der Waals surface area contributed by atoms with Crippen LogP contribution >= 0.6 is 15.9 Å². The largest absolute Gasteiger partial charge is 0.478 e. The summed E-state index contributed by atoms with van der Waals surface area (Å²) in [6.07, 6.45) is 3.55. The molecule has 2 aromatic carbocycles. The van der Waals surface area contributed by atoms with Crippen molar-refractivity contribution in [3.63, 3.8) is 0 Å². The zero-order chi connectivity index (χ0) is 23.5. The van der Waals surface area contributed by atoms with Gasteiger partial charge in [0.05, 0.1) is 23.1 Å². The normalized spacial score (nSPS) is 15.3. The van der Waals surface area contributed by atoms with Gasteiger partial charge in [-0.25, -0.2) is 14.2 Å². The number of aromatic nitrogens is 2. The van der Waals surface area contributed by atoms with E-state index in [0.717, 1.165) is 55.6 Å². The van der Waals surface area contributed by atoms with Gasteiger partial charge in [-0.2, -0.15) is 0 Å². The van der Waals surface area contributed by atoms with Crippen molar-refractivity contribution in [1.29, 1.82) is 0 Å². The van der Waals surface area contributed by atoms with E-state index in [0.29, 0.717) is 17.7 Å². The Morgan fingerprint density at radius 3 is 2.61 bits per heavy atom. The Labute approximate surface area is 201 Å². The van der Waals surface area contributed by atoms with Gasteiger partial charge in [0.15, 0.2) is 5.82 Å². The number of carboxylic acids is 1. The first kappa shape index (κ1) is 23.7. The summed E-state index contributed by atoms with van der Waals surface area (Å²) in [5.74, 6) is -1.83. The molecule has 0 unspecified atom stereocenters. The summed E-state index contributed by atoms with van der Waals surface area (Å²) < 4.78 is 18.2. The van der Waals surface area contributed by atoms with Crippen LogP contribution in [0.5, 0.6) is 0 Å². The van der Waals surface area contributed by atoms with Crippen LogP contribution in [0.4, 0.5) is 15.8 Å². The molecule has 9 heteroatoms. The van der Waals surface area contributed by atoms with Crippen LogP contribution in [-0.4, -0.2) is 70.2 Å². The molecule has 0 spiro atoms. The van der Waals surface area contributed by atoms with Crippen molar-refractivity contribution in [3.05, 3.63) is 52.0 Å². The number of piperazine rings is 1. The van der Waals surface area contributed by atoms with Gasteiger partial charge >= 0.3 is 5.97 Å². The van der Waals surface area contributed by atoms with E-state index in [2.05, 4.69) is 43.1 Å². The number of carbonyl (C=O) groups is 1. The first-order valence-corrected chi connectivity index (χ1v) is 12.0. The smallest absolute Gasteiger partial charge is 0.338 e. The highest BCUT2D eigenvalue weighted by Crippen LogP contribution is 2.32. The fourth-order valence-electron chi connectivity index (χ4n) is 4.22. The molecule has 0 aliphatic carbocycles. The third-order valence-electron chi connectivity index (χ3n) is 6.25. The highest BCUT2D eigenvalue weighted by Gasteiger charge is 2.22. The Bertz CT molecular complexity index is 1160. The van der Waals surface area contributed by atoms with Gasteiger partial charge in [0.1, 0.15) is 5.52 Å². The van der Waals surface area contributed by atoms with E-state index in [1.165, 1.54) is 6.07 Å². The quantitative estimate of drug-likeness (QED) is 0.421. The summed E-state index contributed by atoms with van der Waals surface area (Å²) in [5, 5.41) is 12.8. The van der Waals surface area contributed by atoms with Crippen molar-refractivity contribution in [2.45, 2.75) is 26.3 Å². The van der Waals surface area contributed by atoms with E-state index < -0.39 is 11.8 Å². The molecule has 0 amide bonds. The third kappa shape index (κ3) is 5.37. The molecule has 1 aromatic heterocycles. The predicted octanol–water partition coefficient (Wildman–Crippen LogP) is 4.72. The Morgan fingerprint density at radius 2 is 1.91 bits per heavy atom. The molecule has 1 aliphatic rings. The predicted molar refractivity (Wildman–Crippen MR) is 132 cm³/mol. The fourth-order valence-corrected chi connectivity index (χ4v) is 4.69. The second-order valence-corrected chi connectivity index (χ2v) is 9.58. The average Bonchev–Trinajstić information content (AvgIpc) is 3.19. The minimum absolute atomic E-state index is 0.0688. The number of nitrogens with zero attached hydrogens (tertiary/aromatic N) is 4. The molecular formula is C24H29BrFN5O2. The van der Waals surface area contributed by atoms with E-state index in [4.69, 9.17) is 0 Å². The monoisotopic (exact) mass is 517 g/mol. The molecule has 1 saturated heterocycles.